The Morgan fingerprint density at radius 3 is 2.50 bits per heavy atom. The molecule has 0 spiro atoms. The van der Waals surface area contributed by atoms with Crippen LogP contribution in [0.15, 0.2) is 24.3 Å². The summed E-state index contributed by atoms with van der Waals surface area (Å²) in [5, 5.41) is 9.49. The van der Waals surface area contributed by atoms with Crippen molar-refractivity contribution in [2.45, 2.75) is 6.10 Å². The number of rotatable bonds is 4. The predicted molar refractivity (Wildman–Crippen MR) is 71.8 cm³/mol. The van der Waals surface area contributed by atoms with E-state index in [1.54, 1.807) is 12.1 Å². The summed E-state index contributed by atoms with van der Waals surface area (Å²) < 4.78 is 13.6. The average molecular weight is 273 g/mol. The summed E-state index contributed by atoms with van der Waals surface area (Å²) in [5.74, 6) is 0.0832. The molecule has 5 heteroatoms. The molecule has 0 radical (unpaired) electrons. The molecule has 0 amide bonds. The number of hydrogen-bond donors (Lipinski definition) is 1. The minimum Gasteiger partial charge on any atom is -0.391 e. The molecule has 2 rings (SSSR count). The van der Waals surface area contributed by atoms with Gasteiger partial charge in [-0.05, 0) is 12.1 Å². The fourth-order valence-corrected chi connectivity index (χ4v) is 2.32. The van der Waals surface area contributed by atoms with Crippen molar-refractivity contribution in [3.63, 3.8) is 0 Å². The van der Waals surface area contributed by atoms with Gasteiger partial charge < -0.3 is 10.0 Å². The topological polar surface area (TPSA) is 26.7 Å². The van der Waals surface area contributed by atoms with Crippen LogP contribution in [0.4, 0.5) is 10.1 Å². The van der Waals surface area contributed by atoms with Crippen molar-refractivity contribution in [1.82, 2.24) is 4.90 Å². The van der Waals surface area contributed by atoms with Gasteiger partial charge in [0.25, 0.3) is 0 Å². The Balaban J connectivity index is 1.89. The lowest BCUT2D eigenvalue weighted by Crippen LogP contribution is -2.49. The summed E-state index contributed by atoms with van der Waals surface area (Å²) in [6, 6.07) is 6.84. The molecular formula is C13H18ClFN2O. The number of aliphatic hydroxyl groups is 1. The number of alkyl halides is 1. The lowest BCUT2D eigenvalue weighted by atomic mass is 10.2. The van der Waals surface area contributed by atoms with Gasteiger partial charge in [-0.25, -0.2) is 4.39 Å². The Morgan fingerprint density at radius 2 is 1.89 bits per heavy atom. The third-order valence-corrected chi connectivity index (χ3v) is 3.57. The summed E-state index contributed by atoms with van der Waals surface area (Å²) >= 11 is 5.58. The molecule has 1 aliphatic rings. The smallest absolute Gasteiger partial charge is 0.146 e. The van der Waals surface area contributed by atoms with Gasteiger partial charge in [-0.15, -0.1) is 11.6 Å². The first-order valence-corrected chi connectivity index (χ1v) is 6.70. The van der Waals surface area contributed by atoms with Gasteiger partial charge >= 0.3 is 0 Å². The van der Waals surface area contributed by atoms with Crippen LogP contribution < -0.4 is 4.90 Å². The van der Waals surface area contributed by atoms with Crippen LogP contribution in [-0.2, 0) is 0 Å². The molecule has 1 saturated heterocycles. The van der Waals surface area contributed by atoms with Gasteiger partial charge in [-0.3, -0.25) is 4.90 Å². The second-order valence-corrected chi connectivity index (χ2v) is 4.86. The Morgan fingerprint density at radius 1 is 1.22 bits per heavy atom. The van der Waals surface area contributed by atoms with E-state index in [-0.39, 0.29) is 11.7 Å². The molecule has 1 heterocycles. The predicted octanol–water partition coefficient (Wildman–Crippen LogP) is 1.55. The second kappa shape index (κ2) is 6.36. The first-order chi connectivity index (χ1) is 8.70. The van der Waals surface area contributed by atoms with E-state index in [2.05, 4.69) is 4.90 Å². The maximum Gasteiger partial charge on any atom is 0.146 e. The van der Waals surface area contributed by atoms with Crippen LogP contribution >= 0.6 is 11.6 Å². The Kier molecular flexibility index (Phi) is 4.80. The highest BCUT2D eigenvalue weighted by molar-refractivity contribution is 6.18. The lowest BCUT2D eigenvalue weighted by molar-refractivity contribution is 0.125. The van der Waals surface area contributed by atoms with Crippen molar-refractivity contribution in [1.29, 1.82) is 0 Å². The lowest BCUT2D eigenvalue weighted by Gasteiger charge is -2.36. The van der Waals surface area contributed by atoms with Crippen LogP contribution in [0.2, 0.25) is 0 Å². The van der Waals surface area contributed by atoms with Crippen molar-refractivity contribution >= 4 is 17.3 Å². The van der Waals surface area contributed by atoms with Crippen molar-refractivity contribution in [3.05, 3.63) is 30.1 Å². The van der Waals surface area contributed by atoms with Gasteiger partial charge in [-0.2, -0.15) is 0 Å². The van der Waals surface area contributed by atoms with Gasteiger partial charge in [0, 0.05) is 38.6 Å². The third-order valence-electron chi connectivity index (χ3n) is 3.21. The highest BCUT2D eigenvalue weighted by Crippen LogP contribution is 2.20. The normalized spacial score (nSPS) is 18.9. The minimum atomic E-state index is -0.480. The van der Waals surface area contributed by atoms with Gasteiger partial charge in [0.2, 0.25) is 0 Å². The molecule has 1 N–H and O–H groups in total. The first kappa shape index (κ1) is 13.6. The van der Waals surface area contributed by atoms with Crippen LogP contribution in [0.25, 0.3) is 0 Å². The highest BCUT2D eigenvalue weighted by Gasteiger charge is 2.20. The zero-order valence-electron chi connectivity index (χ0n) is 10.2. The molecule has 0 aliphatic carbocycles. The van der Waals surface area contributed by atoms with E-state index in [9.17, 15) is 9.50 Å². The third kappa shape index (κ3) is 3.34. The molecule has 1 aromatic carbocycles. The fourth-order valence-electron chi connectivity index (χ4n) is 2.23. The monoisotopic (exact) mass is 272 g/mol. The molecule has 1 fully saturated rings. The van der Waals surface area contributed by atoms with Gasteiger partial charge in [0.1, 0.15) is 5.82 Å². The highest BCUT2D eigenvalue weighted by atomic mass is 35.5. The van der Waals surface area contributed by atoms with Crippen LogP contribution in [-0.4, -0.2) is 54.7 Å². The van der Waals surface area contributed by atoms with E-state index in [1.165, 1.54) is 6.07 Å². The quantitative estimate of drug-likeness (QED) is 0.843. The summed E-state index contributed by atoms with van der Waals surface area (Å²) in [7, 11) is 0. The average Bonchev–Trinajstić information content (AvgIpc) is 2.40. The molecule has 1 aliphatic heterocycles. The molecule has 0 saturated carbocycles. The second-order valence-electron chi connectivity index (χ2n) is 4.55. The first-order valence-electron chi connectivity index (χ1n) is 6.16. The number of β-amino-alcohol motifs (C(OH)–C–C–N with tert-alkyl or cyclic N) is 1. The fraction of sp³-hybridized carbons (Fsp3) is 0.538. The number of piperazine rings is 1. The van der Waals surface area contributed by atoms with Crippen LogP contribution in [0.3, 0.4) is 0 Å². The number of anilines is 1. The van der Waals surface area contributed by atoms with E-state index in [1.807, 2.05) is 11.0 Å². The van der Waals surface area contributed by atoms with Crippen LogP contribution in [0, 0.1) is 5.82 Å². The molecular weight excluding hydrogens is 255 g/mol. The Hall–Kier alpha value is -0.840. The van der Waals surface area contributed by atoms with E-state index >= 15 is 0 Å². The Labute approximate surface area is 112 Å². The molecule has 100 valence electrons. The van der Waals surface area contributed by atoms with Crippen molar-refractivity contribution < 1.29 is 9.50 Å². The van der Waals surface area contributed by atoms with E-state index in [0.717, 1.165) is 26.2 Å². The van der Waals surface area contributed by atoms with Crippen molar-refractivity contribution in [2.75, 3.05) is 43.5 Å². The van der Waals surface area contributed by atoms with Gasteiger partial charge in [0.05, 0.1) is 11.8 Å². The molecule has 1 atom stereocenters. The van der Waals surface area contributed by atoms with Gasteiger partial charge in [-0.1, -0.05) is 12.1 Å². The number of benzene rings is 1. The number of halogens is 2. The summed E-state index contributed by atoms with van der Waals surface area (Å²) in [6.07, 6.45) is -0.480. The Bertz CT molecular complexity index is 383. The molecule has 3 nitrogen and oxygen atoms in total. The maximum absolute atomic E-state index is 13.6. The van der Waals surface area contributed by atoms with Gasteiger partial charge in [0.15, 0.2) is 0 Å². The standard InChI is InChI=1S/C13H18ClFN2O/c14-9-11(18)10-16-5-7-17(8-6-16)13-4-2-1-3-12(13)15/h1-4,11,18H,5-10H2/t11-/m1/s1. The molecule has 0 aromatic heterocycles. The van der Waals surface area contributed by atoms with E-state index in [4.69, 9.17) is 11.6 Å². The zero-order valence-corrected chi connectivity index (χ0v) is 11.0. The number of aliphatic hydroxyl groups excluding tert-OH is 1. The summed E-state index contributed by atoms with van der Waals surface area (Å²) in [5.41, 5.74) is 0.662. The minimum absolute atomic E-state index is 0.174. The number of para-hydroxylation sites is 1. The van der Waals surface area contributed by atoms with Crippen LogP contribution in [0.1, 0.15) is 0 Å². The number of nitrogens with zero attached hydrogens (tertiary/aromatic N) is 2. The van der Waals surface area contributed by atoms with Crippen molar-refractivity contribution in [2.24, 2.45) is 0 Å². The summed E-state index contributed by atoms with van der Waals surface area (Å²) in [4.78, 5) is 4.20. The molecule has 18 heavy (non-hydrogen) atoms. The molecule has 1 aromatic rings. The molecule has 0 unspecified atom stereocenters. The number of hydrogen-bond acceptors (Lipinski definition) is 3. The summed E-state index contributed by atoms with van der Waals surface area (Å²) in [6.45, 7) is 3.78. The van der Waals surface area contributed by atoms with Crippen molar-refractivity contribution in [3.8, 4) is 0 Å². The molecule has 0 bridgehead atoms. The maximum atomic E-state index is 13.6. The van der Waals surface area contributed by atoms with E-state index < -0.39 is 6.10 Å². The largest absolute Gasteiger partial charge is 0.391 e. The SMILES string of the molecule is O[C@H](CCl)CN1CCN(c2ccccc2F)CC1. The van der Waals surface area contributed by atoms with Crippen LogP contribution in [0.5, 0.6) is 0 Å². The van der Waals surface area contributed by atoms with E-state index in [0.29, 0.717) is 12.2 Å². The zero-order chi connectivity index (χ0) is 13.0.